The molecule has 18 heavy (non-hydrogen) atoms. The maximum absolute atomic E-state index is 10.9. The normalized spacial score (nSPS) is 12.1. The largest absolute Gasteiger partial charge is 0.491 e. The number of aliphatic hydroxyl groups is 1. The lowest BCUT2D eigenvalue weighted by atomic mass is 10.2. The Hall–Kier alpha value is -1.59. The number of aromatic carboxylic acids is 1. The molecule has 0 radical (unpaired) electrons. The lowest BCUT2D eigenvalue weighted by Gasteiger charge is -2.11. The molecule has 0 saturated carbocycles. The van der Waals surface area contributed by atoms with Crippen LogP contribution in [0.5, 0.6) is 5.75 Å². The van der Waals surface area contributed by atoms with Gasteiger partial charge in [0.15, 0.2) is 0 Å². The first-order valence-corrected chi connectivity index (χ1v) is 5.92. The molecule has 5 heteroatoms. The lowest BCUT2D eigenvalue weighted by Crippen LogP contribution is -2.27. The summed E-state index contributed by atoms with van der Waals surface area (Å²) in [4.78, 5) is 10.9. The summed E-state index contributed by atoms with van der Waals surface area (Å²) in [6, 6.07) is 6.55. The van der Waals surface area contributed by atoms with E-state index < -0.39 is 5.97 Å². The van der Waals surface area contributed by atoms with Crippen LogP contribution < -0.4 is 10.1 Å². The molecule has 0 fully saturated rings. The van der Waals surface area contributed by atoms with Crippen molar-refractivity contribution in [3.63, 3.8) is 0 Å². The van der Waals surface area contributed by atoms with Crippen molar-refractivity contribution in [2.75, 3.05) is 26.3 Å². The van der Waals surface area contributed by atoms with Gasteiger partial charge < -0.3 is 20.3 Å². The van der Waals surface area contributed by atoms with Crippen molar-refractivity contribution in [1.29, 1.82) is 0 Å². The third-order valence-electron chi connectivity index (χ3n) is 2.46. The summed E-state index contributed by atoms with van der Waals surface area (Å²) >= 11 is 0. The number of carboxylic acids is 1. The van der Waals surface area contributed by atoms with Crippen LogP contribution in [0.1, 0.15) is 17.3 Å². The number of hydrogen-bond donors (Lipinski definition) is 3. The van der Waals surface area contributed by atoms with E-state index in [1.807, 2.05) is 6.92 Å². The van der Waals surface area contributed by atoms with E-state index in [0.717, 1.165) is 0 Å². The first-order valence-electron chi connectivity index (χ1n) is 5.92. The predicted octanol–water partition coefficient (Wildman–Crippen LogP) is 0.982. The molecule has 0 bridgehead atoms. The molecule has 0 saturated heterocycles. The predicted molar refractivity (Wildman–Crippen MR) is 68.0 cm³/mol. The number of nitrogens with one attached hydrogen (secondary N) is 1. The zero-order valence-electron chi connectivity index (χ0n) is 10.4. The highest BCUT2D eigenvalue weighted by atomic mass is 16.5. The van der Waals surface area contributed by atoms with E-state index >= 15 is 0 Å². The minimum absolute atomic E-state index is 0.149. The molecule has 1 aromatic carbocycles. The first kappa shape index (κ1) is 14.5. The molecule has 0 heterocycles. The molecule has 0 amide bonds. The molecule has 0 aliphatic rings. The summed E-state index contributed by atoms with van der Waals surface area (Å²) in [5.74, 6) is -0.411. The summed E-state index contributed by atoms with van der Waals surface area (Å²) < 4.78 is 5.41. The third kappa shape index (κ3) is 4.73. The van der Waals surface area contributed by atoms with Crippen molar-refractivity contribution in [1.82, 2.24) is 5.32 Å². The van der Waals surface area contributed by atoms with Crippen LogP contribution in [-0.4, -0.2) is 42.5 Å². The number of rotatable bonds is 8. The van der Waals surface area contributed by atoms with Gasteiger partial charge in [-0.1, -0.05) is 19.1 Å². The fraction of sp³-hybridized carbons (Fsp3) is 0.462. The standard InChI is InChI=1S/C13H19NO4/c1-10(9-15)8-14-6-7-18-12-5-3-2-4-11(12)13(16)17/h2-5,10,14-15H,6-9H2,1H3,(H,16,17). The van der Waals surface area contributed by atoms with Crippen molar-refractivity contribution < 1.29 is 19.7 Å². The van der Waals surface area contributed by atoms with Crippen molar-refractivity contribution in [3.8, 4) is 5.75 Å². The van der Waals surface area contributed by atoms with Crippen LogP contribution in [-0.2, 0) is 0 Å². The second-order valence-electron chi connectivity index (χ2n) is 4.14. The number of ether oxygens (including phenoxy) is 1. The number of para-hydroxylation sites is 1. The average molecular weight is 253 g/mol. The van der Waals surface area contributed by atoms with Gasteiger partial charge in [-0.3, -0.25) is 0 Å². The Morgan fingerprint density at radius 3 is 2.83 bits per heavy atom. The number of carbonyl (C=O) groups is 1. The molecule has 1 rings (SSSR count). The van der Waals surface area contributed by atoms with Crippen LogP contribution in [0.2, 0.25) is 0 Å². The topological polar surface area (TPSA) is 78.8 Å². The van der Waals surface area contributed by atoms with Gasteiger partial charge in [0.1, 0.15) is 17.9 Å². The Morgan fingerprint density at radius 1 is 1.44 bits per heavy atom. The number of benzene rings is 1. The van der Waals surface area contributed by atoms with Gasteiger partial charge in [0.05, 0.1) is 0 Å². The summed E-state index contributed by atoms with van der Waals surface area (Å²) in [5, 5.41) is 20.9. The van der Waals surface area contributed by atoms with Gasteiger partial charge in [0, 0.05) is 19.7 Å². The van der Waals surface area contributed by atoms with Crippen LogP contribution in [0.15, 0.2) is 24.3 Å². The molecule has 0 spiro atoms. The van der Waals surface area contributed by atoms with Crippen LogP contribution >= 0.6 is 0 Å². The second kappa shape index (κ2) is 7.68. The van der Waals surface area contributed by atoms with Gasteiger partial charge >= 0.3 is 5.97 Å². The van der Waals surface area contributed by atoms with Gasteiger partial charge in [-0.05, 0) is 18.1 Å². The average Bonchev–Trinajstić information content (AvgIpc) is 2.38. The van der Waals surface area contributed by atoms with Crippen LogP contribution in [0.4, 0.5) is 0 Å². The van der Waals surface area contributed by atoms with Crippen LogP contribution in [0.3, 0.4) is 0 Å². The Bertz CT molecular complexity index is 381. The molecule has 0 aliphatic heterocycles. The molecular formula is C13H19NO4. The number of aliphatic hydroxyl groups excluding tert-OH is 1. The molecule has 0 aromatic heterocycles. The van der Waals surface area contributed by atoms with E-state index in [4.69, 9.17) is 14.9 Å². The Kier molecular flexibility index (Phi) is 6.18. The monoisotopic (exact) mass is 253 g/mol. The lowest BCUT2D eigenvalue weighted by molar-refractivity contribution is 0.0692. The molecule has 0 aliphatic carbocycles. The molecule has 100 valence electrons. The van der Waals surface area contributed by atoms with Gasteiger partial charge in [-0.2, -0.15) is 0 Å². The van der Waals surface area contributed by atoms with E-state index in [2.05, 4.69) is 5.32 Å². The van der Waals surface area contributed by atoms with Crippen molar-refractivity contribution in [3.05, 3.63) is 29.8 Å². The van der Waals surface area contributed by atoms with Gasteiger partial charge in [-0.15, -0.1) is 0 Å². The van der Waals surface area contributed by atoms with E-state index in [9.17, 15) is 4.79 Å². The van der Waals surface area contributed by atoms with Crippen molar-refractivity contribution in [2.45, 2.75) is 6.92 Å². The van der Waals surface area contributed by atoms with Crippen molar-refractivity contribution in [2.24, 2.45) is 5.92 Å². The second-order valence-corrected chi connectivity index (χ2v) is 4.14. The highest BCUT2D eigenvalue weighted by Gasteiger charge is 2.09. The van der Waals surface area contributed by atoms with Crippen LogP contribution in [0.25, 0.3) is 0 Å². The minimum Gasteiger partial charge on any atom is -0.491 e. The summed E-state index contributed by atoms with van der Waals surface area (Å²) in [6.45, 7) is 3.80. The Morgan fingerprint density at radius 2 is 2.17 bits per heavy atom. The van der Waals surface area contributed by atoms with Crippen molar-refractivity contribution >= 4 is 5.97 Å². The minimum atomic E-state index is -0.993. The first-order chi connectivity index (χ1) is 8.65. The SMILES string of the molecule is CC(CO)CNCCOc1ccccc1C(=O)O. The highest BCUT2D eigenvalue weighted by molar-refractivity contribution is 5.90. The quantitative estimate of drug-likeness (QED) is 0.602. The molecule has 1 aromatic rings. The smallest absolute Gasteiger partial charge is 0.339 e. The van der Waals surface area contributed by atoms with Gasteiger partial charge in [0.2, 0.25) is 0 Å². The zero-order chi connectivity index (χ0) is 13.4. The highest BCUT2D eigenvalue weighted by Crippen LogP contribution is 2.17. The Labute approximate surface area is 106 Å². The maximum Gasteiger partial charge on any atom is 0.339 e. The van der Waals surface area contributed by atoms with E-state index in [1.54, 1.807) is 18.2 Å². The molecule has 5 nitrogen and oxygen atoms in total. The number of carboxylic acid groups (broad SMARTS) is 1. The summed E-state index contributed by atoms with van der Waals surface area (Å²) in [7, 11) is 0. The van der Waals surface area contributed by atoms with Gasteiger partial charge in [-0.25, -0.2) is 4.79 Å². The molecular weight excluding hydrogens is 234 g/mol. The van der Waals surface area contributed by atoms with E-state index in [1.165, 1.54) is 6.07 Å². The fourth-order valence-corrected chi connectivity index (χ4v) is 1.42. The Balaban J connectivity index is 2.33. The van der Waals surface area contributed by atoms with Gasteiger partial charge in [0.25, 0.3) is 0 Å². The summed E-state index contributed by atoms with van der Waals surface area (Å²) in [5.41, 5.74) is 0.168. The zero-order valence-corrected chi connectivity index (χ0v) is 10.4. The third-order valence-corrected chi connectivity index (χ3v) is 2.46. The van der Waals surface area contributed by atoms with E-state index in [0.29, 0.717) is 25.4 Å². The molecule has 1 atom stereocenters. The fourth-order valence-electron chi connectivity index (χ4n) is 1.42. The number of hydrogen-bond acceptors (Lipinski definition) is 4. The summed E-state index contributed by atoms with van der Waals surface area (Å²) in [6.07, 6.45) is 0. The maximum atomic E-state index is 10.9. The molecule has 3 N–H and O–H groups in total. The molecule has 1 unspecified atom stereocenters. The van der Waals surface area contributed by atoms with Crippen LogP contribution in [0, 0.1) is 5.92 Å². The van der Waals surface area contributed by atoms with E-state index in [-0.39, 0.29) is 18.1 Å².